The predicted octanol–water partition coefficient (Wildman–Crippen LogP) is 5.22. The highest BCUT2D eigenvalue weighted by Crippen LogP contribution is 2.32. The number of alkyl halides is 3. The topological polar surface area (TPSA) is 84.3 Å². The molecule has 1 N–H and O–H groups in total. The summed E-state index contributed by atoms with van der Waals surface area (Å²) in [4.78, 5) is 44.1. The molecule has 200 valence electrons. The van der Waals surface area contributed by atoms with Crippen LogP contribution in [-0.4, -0.2) is 39.4 Å². The van der Waals surface area contributed by atoms with Crippen molar-refractivity contribution in [3.8, 4) is 0 Å². The third-order valence-corrected chi connectivity index (χ3v) is 7.06. The van der Waals surface area contributed by atoms with E-state index in [0.29, 0.717) is 42.7 Å². The second-order valence-electron chi connectivity index (χ2n) is 9.53. The van der Waals surface area contributed by atoms with E-state index in [-0.39, 0.29) is 17.2 Å². The van der Waals surface area contributed by atoms with Gasteiger partial charge in [-0.3, -0.25) is 14.4 Å². The molecule has 7 nitrogen and oxygen atoms in total. The summed E-state index contributed by atoms with van der Waals surface area (Å²) in [5, 5.41) is 2.73. The summed E-state index contributed by atoms with van der Waals surface area (Å²) in [6.45, 7) is 0.852. The van der Waals surface area contributed by atoms with Crippen LogP contribution in [0, 0.1) is 0 Å². The number of aromatic nitrogens is 2. The van der Waals surface area contributed by atoms with E-state index in [1.165, 1.54) is 16.7 Å². The number of para-hydroxylation sites is 2. The Bertz CT molecular complexity index is 1610. The number of carbonyl (C=O) groups is 2. The zero-order chi connectivity index (χ0) is 27.7. The first-order valence-corrected chi connectivity index (χ1v) is 12.5. The molecular formula is C29H25F3N4O3. The summed E-state index contributed by atoms with van der Waals surface area (Å²) >= 11 is 0. The number of hydrogen-bond acceptors (Lipinski definition) is 4. The van der Waals surface area contributed by atoms with Gasteiger partial charge in [0.2, 0.25) is 0 Å². The van der Waals surface area contributed by atoms with Crippen LogP contribution < -0.4 is 10.9 Å². The van der Waals surface area contributed by atoms with Crippen molar-refractivity contribution in [2.75, 3.05) is 18.4 Å². The first kappa shape index (κ1) is 26.1. The van der Waals surface area contributed by atoms with Gasteiger partial charge < -0.3 is 14.8 Å². The number of carbonyl (C=O) groups excluding carboxylic acids is 2. The van der Waals surface area contributed by atoms with Gasteiger partial charge in [-0.1, -0.05) is 30.3 Å². The van der Waals surface area contributed by atoms with E-state index < -0.39 is 29.1 Å². The van der Waals surface area contributed by atoms with Gasteiger partial charge in [0.05, 0.1) is 16.6 Å². The predicted molar refractivity (Wildman–Crippen MR) is 141 cm³/mol. The van der Waals surface area contributed by atoms with Gasteiger partial charge in [0.1, 0.15) is 0 Å². The number of amides is 2. The molecule has 10 heteroatoms. The zero-order valence-corrected chi connectivity index (χ0v) is 21.0. The van der Waals surface area contributed by atoms with Crippen LogP contribution in [0.25, 0.3) is 11.0 Å². The van der Waals surface area contributed by atoms with E-state index in [2.05, 4.69) is 10.3 Å². The van der Waals surface area contributed by atoms with E-state index in [0.717, 1.165) is 17.7 Å². The van der Waals surface area contributed by atoms with Gasteiger partial charge >= 0.3 is 6.18 Å². The molecule has 2 heterocycles. The minimum absolute atomic E-state index is 0.0269. The minimum atomic E-state index is -4.50. The molecule has 0 radical (unpaired) electrons. The second-order valence-corrected chi connectivity index (χ2v) is 9.53. The maximum Gasteiger partial charge on any atom is 0.416 e. The fourth-order valence-electron chi connectivity index (χ4n) is 4.88. The second kappa shape index (κ2) is 10.4. The van der Waals surface area contributed by atoms with Crippen LogP contribution in [-0.2, 0) is 13.2 Å². The number of halogens is 3. The van der Waals surface area contributed by atoms with Crippen molar-refractivity contribution in [3.05, 3.63) is 106 Å². The number of piperidine rings is 1. The highest BCUT2D eigenvalue weighted by atomic mass is 19.4. The maximum absolute atomic E-state index is 13.0. The Morgan fingerprint density at radius 3 is 2.33 bits per heavy atom. The third kappa shape index (κ3) is 5.41. The van der Waals surface area contributed by atoms with Crippen molar-refractivity contribution in [1.82, 2.24) is 14.5 Å². The molecule has 1 fully saturated rings. The third-order valence-electron chi connectivity index (χ3n) is 7.06. The Morgan fingerprint density at radius 1 is 0.949 bits per heavy atom. The molecule has 1 aromatic heterocycles. The standard InChI is InChI=1S/C29H25F3N4O3/c1-35-24-8-3-2-7-23(24)34-25(28(35)39)26(37)33-22-11-9-18(10-12-22)19-13-15-36(16-14-19)27(38)20-5-4-6-21(17-20)29(30,31)32/h2-12,17,19H,13-16H2,1H3,(H,33,37). The number of nitrogens with zero attached hydrogens (tertiary/aromatic N) is 3. The first-order chi connectivity index (χ1) is 18.6. The van der Waals surface area contributed by atoms with Crippen molar-refractivity contribution in [2.24, 2.45) is 7.05 Å². The number of hydrogen-bond donors (Lipinski definition) is 1. The minimum Gasteiger partial charge on any atom is -0.339 e. The maximum atomic E-state index is 13.0. The van der Waals surface area contributed by atoms with Gasteiger partial charge in [-0.2, -0.15) is 13.2 Å². The molecule has 0 saturated carbocycles. The average molecular weight is 535 g/mol. The van der Waals surface area contributed by atoms with Crippen LogP contribution in [0.4, 0.5) is 18.9 Å². The van der Waals surface area contributed by atoms with Crippen molar-refractivity contribution in [1.29, 1.82) is 0 Å². The molecule has 1 aliphatic heterocycles. The molecule has 0 aliphatic carbocycles. The molecule has 4 aromatic rings. The number of aryl methyl sites for hydroxylation is 1. The van der Waals surface area contributed by atoms with Crippen molar-refractivity contribution < 1.29 is 22.8 Å². The number of rotatable bonds is 4. The molecule has 0 unspecified atom stereocenters. The molecule has 39 heavy (non-hydrogen) atoms. The fourth-order valence-corrected chi connectivity index (χ4v) is 4.88. The molecule has 1 saturated heterocycles. The number of anilines is 1. The van der Waals surface area contributed by atoms with Gasteiger partial charge in [-0.25, -0.2) is 4.98 Å². The molecule has 0 spiro atoms. The van der Waals surface area contributed by atoms with E-state index in [1.54, 1.807) is 48.3 Å². The Morgan fingerprint density at radius 2 is 1.64 bits per heavy atom. The average Bonchev–Trinajstić information content (AvgIpc) is 2.94. The molecule has 0 atom stereocenters. The van der Waals surface area contributed by atoms with Crippen LogP contribution in [0.1, 0.15) is 50.7 Å². The SMILES string of the molecule is Cn1c(=O)c(C(=O)Nc2ccc(C3CCN(C(=O)c4cccc(C(F)(F)F)c4)CC3)cc2)nc2ccccc21. The fraction of sp³-hybridized carbons (Fsp3) is 0.241. The lowest BCUT2D eigenvalue weighted by molar-refractivity contribution is -0.137. The number of nitrogens with one attached hydrogen (secondary N) is 1. The number of benzene rings is 3. The molecule has 0 bridgehead atoms. The lowest BCUT2D eigenvalue weighted by Gasteiger charge is -2.32. The van der Waals surface area contributed by atoms with Crippen LogP contribution in [0.5, 0.6) is 0 Å². The van der Waals surface area contributed by atoms with E-state index in [1.807, 2.05) is 12.1 Å². The van der Waals surface area contributed by atoms with E-state index in [9.17, 15) is 27.6 Å². The van der Waals surface area contributed by atoms with Crippen molar-refractivity contribution in [2.45, 2.75) is 24.9 Å². The lowest BCUT2D eigenvalue weighted by Crippen LogP contribution is -2.38. The number of likely N-dealkylation sites (tertiary alicyclic amines) is 1. The van der Waals surface area contributed by atoms with Crippen LogP contribution in [0.15, 0.2) is 77.6 Å². The molecule has 2 amide bonds. The van der Waals surface area contributed by atoms with Crippen LogP contribution in [0.3, 0.4) is 0 Å². The molecule has 5 rings (SSSR count). The van der Waals surface area contributed by atoms with Gasteiger partial charge in [-0.05, 0) is 66.8 Å². The summed E-state index contributed by atoms with van der Waals surface area (Å²) in [5.41, 5.74) is 1.21. The lowest BCUT2D eigenvalue weighted by atomic mass is 9.89. The Kier molecular flexibility index (Phi) is 6.94. The Labute approximate surface area is 221 Å². The van der Waals surface area contributed by atoms with Crippen molar-refractivity contribution >= 4 is 28.5 Å². The van der Waals surface area contributed by atoms with E-state index in [4.69, 9.17) is 0 Å². The Hall–Kier alpha value is -4.47. The van der Waals surface area contributed by atoms with Crippen molar-refractivity contribution in [3.63, 3.8) is 0 Å². The largest absolute Gasteiger partial charge is 0.416 e. The zero-order valence-electron chi connectivity index (χ0n) is 21.0. The smallest absolute Gasteiger partial charge is 0.339 e. The van der Waals surface area contributed by atoms with Gasteiger partial charge in [0.25, 0.3) is 17.4 Å². The van der Waals surface area contributed by atoms with Crippen LogP contribution >= 0.6 is 0 Å². The molecule has 3 aromatic carbocycles. The summed E-state index contributed by atoms with van der Waals surface area (Å²) in [7, 11) is 1.59. The summed E-state index contributed by atoms with van der Waals surface area (Å²) < 4.78 is 40.5. The highest BCUT2D eigenvalue weighted by molar-refractivity contribution is 6.03. The first-order valence-electron chi connectivity index (χ1n) is 12.5. The summed E-state index contributed by atoms with van der Waals surface area (Å²) in [6.07, 6.45) is -3.18. The molecular weight excluding hydrogens is 509 g/mol. The van der Waals surface area contributed by atoms with E-state index >= 15 is 0 Å². The Balaban J connectivity index is 1.22. The normalized spacial score (nSPS) is 14.4. The highest BCUT2D eigenvalue weighted by Gasteiger charge is 2.32. The number of fused-ring (bicyclic) bond motifs is 1. The summed E-state index contributed by atoms with van der Waals surface area (Å²) in [6, 6.07) is 18.8. The quantitative estimate of drug-likeness (QED) is 0.389. The van der Waals surface area contributed by atoms with Gasteiger partial charge in [0, 0.05) is 31.4 Å². The van der Waals surface area contributed by atoms with Gasteiger partial charge in [0.15, 0.2) is 5.69 Å². The molecule has 1 aliphatic rings. The van der Waals surface area contributed by atoms with Crippen LogP contribution in [0.2, 0.25) is 0 Å². The monoisotopic (exact) mass is 534 g/mol. The van der Waals surface area contributed by atoms with Gasteiger partial charge in [-0.15, -0.1) is 0 Å². The summed E-state index contributed by atoms with van der Waals surface area (Å²) in [5.74, 6) is -0.851.